The van der Waals surface area contributed by atoms with Crippen LogP contribution in [-0.4, -0.2) is 19.4 Å². The Kier molecular flexibility index (Phi) is 2.47. The average Bonchev–Trinajstić information content (AvgIpc) is 2.88. The van der Waals surface area contributed by atoms with E-state index in [1.165, 1.54) is 18.5 Å². The molecule has 6 heteroatoms. The minimum atomic E-state index is -3.47. The van der Waals surface area contributed by atoms with E-state index >= 15 is 0 Å². The number of hydrogen-bond acceptors (Lipinski definition) is 3. The summed E-state index contributed by atoms with van der Waals surface area (Å²) in [4.78, 5) is 3.79. The maximum absolute atomic E-state index is 11.7. The van der Waals surface area contributed by atoms with E-state index in [0.29, 0.717) is 0 Å². The first-order valence-electron chi connectivity index (χ1n) is 4.21. The highest BCUT2D eigenvalue weighted by Crippen LogP contribution is 2.24. The number of rotatable bonds is 3. The van der Waals surface area contributed by atoms with E-state index in [1.54, 1.807) is 0 Å². The molecule has 14 heavy (non-hydrogen) atoms. The van der Waals surface area contributed by atoms with Crippen LogP contribution in [0.5, 0.6) is 0 Å². The summed E-state index contributed by atoms with van der Waals surface area (Å²) < 4.78 is 25.9. The van der Waals surface area contributed by atoms with Crippen molar-refractivity contribution in [2.75, 3.05) is 0 Å². The fraction of sp³-hybridized carbons (Fsp3) is 0.375. The number of halogens is 1. The lowest BCUT2D eigenvalue weighted by atomic mass is 10.5. The Hall–Kier alpha value is -0.650. The molecule has 76 valence electrons. The molecule has 4 nitrogen and oxygen atoms in total. The molecule has 0 radical (unpaired) electrons. The van der Waals surface area contributed by atoms with Gasteiger partial charge in [-0.05, 0) is 18.9 Å². The van der Waals surface area contributed by atoms with Gasteiger partial charge >= 0.3 is 0 Å². The molecule has 0 atom stereocenters. The molecule has 0 amide bonds. The maximum atomic E-state index is 11.7. The summed E-state index contributed by atoms with van der Waals surface area (Å²) in [5.41, 5.74) is 0. The van der Waals surface area contributed by atoms with Gasteiger partial charge in [0.2, 0.25) is 10.0 Å². The first-order chi connectivity index (χ1) is 6.59. The van der Waals surface area contributed by atoms with Gasteiger partial charge in [-0.2, -0.15) is 0 Å². The van der Waals surface area contributed by atoms with E-state index in [4.69, 9.17) is 11.6 Å². The van der Waals surface area contributed by atoms with Gasteiger partial charge in [0, 0.05) is 18.4 Å². The molecule has 1 N–H and O–H groups in total. The molecular formula is C8H9ClN2O2S. The Morgan fingerprint density at radius 1 is 1.50 bits per heavy atom. The number of nitrogens with zero attached hydrogens (tertiary/aromatic N) is 1. The van der Waals surface area contributed by atoms with E-state index in [1.807, 2.05) is 0 Å². The number of hydrogen-bond donors (Lipinski definition) is 1. The van der Waals surface area contributed by atoms with Gasteiger partial charge in [-0.1, -0.05) is 11.6 Å². The SMILES string of the molecule is O=S(=O)(NC1CC1)c1cnccc1Cl. The molecule has 1 heterocycles. The molecule has 1 fully saturated rings. The first-order valence-corrected chi connectivity index (χ1v) is 6.07. The van der Waals surface area contributed by atoms with Crippen LogP contribution in [0.4, 0.5) is 0 Å². The number of pyridine rings is 1. The highest BCUT2D eigenvalue weighted by atomic mass is 35.5. The van der Waals surface area contributed by atoms with Gasteiger partial charge in [-0.3, -0.25) is 4.98 Å². The minimum Gasteiger partial charge on any atom is -0.263 e. The van der Waals surface area contributed by atoms with Crippen LogP contribution in [0.1, 0.15) is 12.8 Å². The van der Waals surface area contributed by atoms with Gasteiger partial charge in [-0.15, -0.1) is 0 Å². The number of aromatic nitrogens is 1. The third-order valence-corrected chi connectivity index (χ3v) is 3.91. The predicted molar refractivity (Wildman–Crippen MR) is 52.6 cm³/mol. The maximum Gasteiger partial charge on any atom is 0.243 e. The largest absolute Gasteiger partial charge is 0.263 e. The molecule has 1 aliphatic carbocycles. The van der Waals surface area contributed by atoms with Crippen molar-refractivity contribution in [2.45, 2.75) is 23.8 Å². The second kappa shape index (κ2) is 3.49. The highest BCUT2D eigenvalue weighted by Gasteiger charge is 2.29. The molecule has 1 aromatic heterocycles. The summed E-state index contributed by atoms with van der Waals surface area (Å²) in [6.45, 7) is 0. The van der Waals surface area contributed by atoms with Crippen molar-refractivity contribution in [3.63, 3.8) is 0 Å². The van der Waals surface area contributed by atoms with Gasteiger partial charge in [0.15, 0.2) is 0 Å². The molecule has 1 aliphatic rings. The Balaban J connectivity index is 2.33. The van der Waals surface area contributed by atoms with E-state index < -0.39 is 10.0 Å². The van der Waals surface area contributed by atoms with Gasteiger partial charge in [0.25, 0.3) is 0 Å². The summed E-state index contributed by atoms with van der Waals surface area (Å²) >= 11 is 5.75. The van der Waals surface area contributed by atoms with Crippen LogP contribution in [0.25, 0.3) is 0 Å². The van der Waals surface area contributed by atoms with Crippen LogP contribution in [0.3, 0.4) is 0 Å². The van der Waals surface area contributed by atoms with Gasteiger partial charge in [0.1, 0.15) is 4.90 Å². The summed E-state index contributed by atoms with van der Waals surface area (Å²) in [6, 6.07) is 1.54. The molecule has 0 saturated heterocycles. The van der Waals surface area contributed by atoms with Crippen molar-refractivity contribution in [3.05, 3.63) is 23.5 Å². The van der Waals surface area contributed by atoms with Crippen LogP contribution < -0.4 is 4.72 Å². The average molecular weight is 233 g/mol. The second-order valence-corrected chi connectivity index (χ2v) is 5.29. The van der Waals surface area contributed by atoms with Crippen molar-refractivity contribution >= 4 is 21.6 Å². The lowest BCUT2D eigenvalue weighted by Gasteiger charge is -2.05. The first kappa shape index (κ1) is 9.89. The number of nitrogens with one attached hydrogen (secondary N) is 1. The zero-order valence-corrected chi connectivity index (χ0v) is 8.85. The fourth-order valence-electron chi connectivity index (χ4n) is 1.04. The zero-order valence-electron chi connectivity index (χ0n) is 7.27. The molecular weight excluding hydrogens is 224 g/mol. The molecule has 1 aromatic rings. The van der Waals surface area contributed by atoms with Gasteiger partial charge < -0.3 is 0 Å². The smallest absolute Gasteiger partial charge is 0.243 e. The Morgan fingerprint density at radius 3 is 2.79 bits per heavy atom. The Morgan fingerprint density at radius 2 is 2.21 bits per heavy atom. The molecule has 0 bridgehead atoms. The lowest BCUT2D eigenvalue weighted by molar-refractivity contribution is 0.580. The van der Waals surface area contributed by atoms with Gasteiger partial charge in [0.05, 0.1) is 5.02 Å². The summed E-state index contributed by atoms with van der Waals surface area (Å²) in [5.74, 6) is 0. The second-order valence-electron chi connectivity index (χ2n) is 3.20. The molecule has 0 spiro atoms. The van der Waals surface area contributed by atoms with Crippen molar-refractivity contribution in [1.29, 1.82) is 0 Å². The third kappa shape index (κ3) is 2.05. The monoisotopic (exact) mass is 232 g/mol. The van der Waals surface area contributed by atoms with Gasteiger partial charge in [-0.25, -0.2) is 13.1 Å². The van der Waals surface area contributed by atoms with Crippen LogP contribution >= 0.6 is 11.6 Å². The summed E-state index contributed by atoms with van der Waals surface area (Å²) in [7, 11) is -3.47. The van der Waals surface area contributed by atoms with E-state index in [-0.39, 0.29) is 16.0 Å². The Labute approximate surface area is 87.4 Å². The molecule has 0 aliphatic heterocycles. The fourth-order valence-corrected chi connectivity index (χ4v) is 2.78. The van der Waals surface area contributed by atoms with Crippen molar-refractivity contribution < 1.29 is 8.42 Å². The quantitative estimate of drug-likeness (QED) is 0.851. The van der Waals surface area contributed by atoms with E-state index in [0.717, 1.165) is 12.8 Å². The predicted octanol–water partition coefficient (Wildman–Crippen LogP) is 1.18. The molecule has 0 unspecified atom stereocenters. The Bertz CT molecular complexity index is 442. The molecule has 0 aromatic carbocycles. The number of sulfonamides is 1. The summed E-state index contributed by atoms with van der Waals surface area (Å²) in [5, 5.41) is 0.202. The van der Waals surface area contributed by atoms with Crippen molar-refractivity contribution in [3.8, 4) is 0 Å². The normalized spacial score (nSPS) is 16.9. The van der Waals surface area contributed by atoms with Crippen LogP contribution in [0, 0.1) is 0 Å². The minimum absolute atomic E-state index is 0.0496. The van der Waals surface area contributed by atoms with Crippen molar-refractivity contribution in [2.24, 2.45) is 0 Å². The summed E-state index contributed by atoms with van der Waals surface area (Å²) in [6.07, 6.45) is 4.51. The van der Waals surface area contributed by atoms with E-state index in [9.17, 15) is 8.42 Å². The molecule has 1 saturated carbocycles. The van der Waals surface area contributed by atoms with E-state index in [2.05, 4.69) is 9.71 Å². The highest BCUT2D eigenvalue weighted by molar-refractivity contribution is 7.89. The standard InChI is InChI=1S/C8H9ClN2O2S/c9-7-3-4-10-5-8(7)14(12,13)11-6-1-2-6/h3-6,11H,1-2H2. The molecule has 2 rings (SSSR count). The third-order valence-electron chi connectivity index (χ3n) is 1.92. The zero-order chi connectivity index (χ0) is 10.2. The van der Waals surface area contributed by atoms with Crippen LogP contribution in [-0.2, 0) is 10.0 Å². The van der Waals surface area contributed by atoms with Crippen molar-refractivity contribution in [1.82, 2.24) is 9.71 Å². The van der Waals surface area contributed by atoms with Crippen LogP contribution in [0.2, 0.25) is 5.02 Å². The topological polar surface area (TPSA) is 59.1 Å². The van der Waals surface area contributed by atoms with Crippen LogP contribution in [0.15, 0.2) is 23.4 Å². The lowest BCUT2D eigenvalue weighted by Crippen LogP contribution is -2.26.